The van der Waals surface area contributed by atoms with Crippen LogP contribution in [-0.4, -0.2) is 17.4 Å². The molecule has 0 radical (unpaired) electrons. The molecular formula is C18H24ClF3O. The highest BCUT2D eigenvalue weighted by atomic mass is 35.5. The third-order valence-corrected chi connectivity index (χ3v) is 5.51. The van der Waals surface area contributed by atoms with Crippen LogP contribution in [0.15, 0.2) is 18.2 Å². The van der Waals surface area contributed by atoms with Gasteiger partial charge in [-0.2, -0.15) is 13.2 Å². The summed E-state index contributed by atoms with van der Waals surface area (Å²) in [7, 11) is 0. The summed E-state index contributed by atoms with van der Waals surface area (Å²) >= 11 is 6.23. The Morgan fingerprint density at radius 2 is 1.96 bits per heavy atom. The van der Waals surface area contributed by atoms with Gasteiger partial charge in [0.05, 0.1) is 11.5 Å². The van der Waals surface area contributed by atoms with Gasteiger partial charge in [-0.15, -0.1) is 0 Å². The maximum atomic E-state index is 14.3. The number of alkyl halides is 3. The molecule has 1 aliphatic carbocycles. The highest BCUT2D eigenvalue weighted by molar-refractivity contribution is 6.31. The van der Waals surface area contributed by atoms with Gasteiger partial charge in [-0.1, -0.05) is 56.8 Å². The van der Waals surface area contributed by atoms with Crippen LogP contribution in [0.2, 0.25) is 5.02 Å². The summed E-state index contributed by atoms with van der Waals surface area (Å²) in [5.74, 6) is -0.855. The van der Waals surface area contributed by atoms with E-state index in [0.717, 1.165) is 12.8 Å². The maximum Gasteiger partial charge on any atom is 0.398 e. The molecule has 1 nitrogen and oxygen atoms in total. The Bertz CT molecular complexity index is 544. The first-order chi connectivity index (χ1) is 10.8. The second-order valence-corrected chi connectivity index (χ2v) is 6.89. The van der Waals surface area contributed by atoms with E-state index in [9.17, 15) is 18.3 Å². The van der Waals surface area contributed by atoms with E-state index >= 15 is 0 Å². The molecule has 2 rings (SSSR count). The molecule has 1 aliphatic rings. The van der Waals surface area contributed by atoms with E-state index in [2.05, 4.69) is 0 Å². The van der Waals surface area contributed by atoms with E-state index in [1.165, 1.54) is 6.07 Å². The Morgan fingerprint density at radius 1 is 1.26 bits per heavy atom. The van der Waals surface area contributed by atoms with Crippen molar-refractivity contribution in [2.24, 2.45) is 5.92 Å². The zero-order valence-electron chi connectivity index (χ0n) is 13.6. The van der Waals surface area contributed by atoms with E-state index in [1.54, 1.807) is 19.1 Å². The summed E-state index contributed by atoms with van der Waals surface area (Å²) in [6, 6.07) is 4.86. The summed E-state index contributed by atoms with van der Waals surface area (Å²) in [6.07, 6.45) is -2.87. The number of hydrogen-bond acceptors (Lipinski definition) is 1. The molecule has 3 unspecified atom stereocenters. The van der Waals surface area contributed by atoms with Crippen molar-refractivity contribution in [3.63, 3.8) is 0 Å². The fourth-order valence-corrected chi connectivity index (χ4v) is 4.56. The smallest absolute Gasteiger partial charge is 0.392 e. The van der Waals surface area contributed by atoms with E-state index in [4.69, 9.17) is 11.6 Å². The van der Waals surface area contributed by atoms with E-state index in [0.29, 0.717) is 12.0 Å². The Labute approximate surface area is 140 Å². The van der Waals surface area contributed by atoms with Crippen LogP contribution in [0.4, 0.5) is 13.2 Å². The van der Waals surface area contributed by atoms with Crippen molar-refractivity contribution in [3.8, 4) is 0 Å². The molecule has 0 aromatic heterocycles. The molecule has 0 fully saturated rings. The van der Waals surface area contributed by atoms with Crippen LogP contribution >= 0.6 is 11.6 Å². The van der Waals surface area contributed by atoms with E-state index < -0.39 is 23.6 Å². The van der Waals surface area contributed by atoms with Gasteiger partial charge in [0.1, 0.15) is 0 Å². The van der Waals surface area contributed by atoms with Crippen LogP contribution in [-0.2, 0) is 11.8 Å². The molecule has 23 heavy (non-hydrogen) atoms. The fourth-order valence-electron chi connectivity index (χ4n) is 4.20. The molecule has 1 aromatic carbocycles. The Balaban J connectivity index is 2.67. The van der Waals surface area contributed by atoms with Gasteiger partial charge >= 0.3 is 6.18 Å². The lowest BCUT2D eigenvalue weighted by atomic mass is 9.58. The Hall–Kier alpha value is -0.740. The van der Waals surface area contributed by atoms with Crippen LogP contribution in [0.5, 0.6) is 0 Å². The lowest BCUT2D eigenvalue weighted by molar-refractivity contribution is -0.223. The summed E-state index contributed by atoms with van der Waals surface area (Å²) < 4.78 is 43.0. The molecule has 3 atom stereocenters. The minimum Gasteiger partial charge on any atom is -0.392 e. The highest BCUT2D eigenvalue weighted by Crippen LogP contribution is 2.57. The summed E-state index contributed by atoms with van der Waals surface area (Å²) in [4.78, 5) is 0. The normalized spacial score (nSPS) is 27.8. The second-order valence-electron chi connectivity index (χ2n) is 6.49. The van der Waals surface area contributed by atoms with Crippen LogP contribution in [0, 0.1) is 5.92 Å². The molecule has 0 spiro atoms. The third kappa shape index (κ3) is 3.12. The topological polar surface area (TPSA) is 20.2 Å². The number of fused-ring (bicyclic) bond motifs is 1. The molecule has 0 saturated heterocycles. The number of halogens is 4. The SMILES string of the molecule is CCCCCC1(C(F)(F)F)c2c(Cl)cccc2CC(O)C1CC. The average molecular weight is 349 g/mol. The molecule has 130 valence electrons. The number of hydrogen-bond donors (Lipinski definition) is 1. The molecule has 5 heteroatoms. The Kier molecular flexibility index (Phi) is 5.68. The molecule has 0 bridgehead atoms. The minimum absolute atomic E-state index is 0.0172. The minimum atomic E-state index is -4.44. The van der Waals surface area contributed by atoms with Gasteiger partial charge < -0.3 is 5.11 Å². The first-order valence-electron chi connectivity index (χ1n) is 8.32. The van der Waals surface area contributed by atoms with Crippen molar-refractivity contribution < 1.29 is 18.3 Å². The zero-order chi connectivity index (χ0) is 17.3. The third-order valence-electron chi connectivity index (χ3n) is 5.19. The first kappa shape index (κ1) is 18.6. The van der Waals surface area contributed by atoms with E-state index in [-0.39, 0.29) is 29.8 Å². The summed E-state index contributed by atoms with van der Waals surface area (Å²) in [6.45, 7) is 3.68. The van der Waals surface area contributed by atoms with Crippen molar-refractivity contribution >= 4 is 11.6 Å². The number of aliphatic hydroxyl groups excluding tert-OH is 1. The standard InChI is InChI=1S/C18H24ClF3O/c1-3-5-6-10-17(18(20,21)22)13(4-2)15(23)11-12-8-7-9-14(19)16(12)17/h7-9,13,15,23H,3-6,10-11H2,1-2H3. The molecule has 1 N–H and O–H groups in total. The van der Waals surface area contributed by atoms with Gasteiger partial charge in [-0.25, -0.2) is 0 Å². The number of rotatable bonds is 5. The fraction of sp³-hybridized carbons (Fsp3) is 0.667. The predicted octanol–water partition coefficient (Wildman–Crippen LogP) is 5.66. The Morgan fingerprint density at radius 3 is 2.52 bits per heavy atom. The van der Waals surface area contributed by atoms with Crippen LogP contribution in [0.1, 0.15) is 57.1 Å². The van der Waals surface area contributed by atoms with Crippen molar-refractivity contribution in [1.29, 1.82) is 0 Å². The maximum absolute atomic E-state index is 14.3. The number of benzene rings is 1. The van der Waals surface area contributed by atoms with Crippen LogP contribution in [0.25, 0.3) is 0 Å². The molecule has 0 heterocycles. The van der Waals surface area contributed by atoms with Gasteiger partial charge in [-0.05, 0) is 36.5 Å². The van der Waals surface area contributed by atoms with Crippen LogP contribution in [0.3, 0.4) is 0 Å². The van der Waals surface area contributed by atoms with Gasteiger partial charge in [0.15, 0.2) is 0 Å². The highest BCUT2D eigenvalue weighted by Gasteiger charge is 2.63. The van der Waals surface area contributed by atoms with Crippen molar-refractivity contribution in [2.75, 3.05) is 0 Å². The van der Waals surface area contributed by atoms with Crippen molar-refractivity contribution in [3.05, 3.63) is 34.3 Å². The molecular weight excluding hydrogens is 325 g/mol. The van der Waals surface area contributed by atoms with Gasteiger partial charge in [0, 0.05) is 10.9 Å². The molecule has 0 aliphatic heterocycles. The summed E-state index contributed by atoms with van der Waals surface area (Å²) in [5.41, 5.74) is -1.33. The molecule has 1 aromatic rings. The lowest BCUT2D eigenvalue weighted by Gasteiger charge is -2.49. The van der Waals surface area contributed by atoms with Crippen molar-refractivity contribution in [1.82, 2.24) is 0 Å². The largest absolute Gasteiger partial charge is 0.398 e. The lowest BCUT2D eigenvalue weighted by Crippen LogP contribution is -2.56. The number of aliphatic hydroxyl groups is 1. The van der Waals surface area contributed by atoms with Crippen molar-refractivity contribution in [2.45, 2.75) is 70.1 Å². The molecule has 0 saturated carbocycles. The van der Waals surface area contributed by atoms with Gasteiger partial charge in [0.25, 0.3) is 0 Å². The quantitative estimate of drug-likeness (QED) is 0.680. The van der Waals surface area contributed by atoms with Gasteiger partial charge in [-0.3, -0.25) is 0 Å². The first-order valence-corrected chi connectivity index (χ1v) is 8.70. The molecule has 0 amide bonds. The monoisotopic (exact) mass is 348 g/mol. The second kappa shape index (κ2) is 7.02. The van der Waals surface area contributed by atoms with Crippen LogP contribution < -0.4 is 0 Å². The van der Waals surface area contributed by atoms with E-state index in [1.807, 2.05) is 6.92 Å². The predicted molar refractivity (Wildman–Crippen MR) is 86.8 cm³/mol. The summed E-state index contributed by atoms with van der Waals surface area (Å²) in [5, 5.41) is 10.6. The van der Waals surface area contributed by atoms with Gasteiger partial charge in [0.2, 0.25) is 0 Å². The average Bonchev–Trinajstić information content (AvgIpc) is 2.45. The zero-order valence-corrected chi connectivity index (χ0v) is 14.3. The number of unbranched alkanes of at least 4 members (excludes halogenated alkanes) is 2.